The summed E-state index contributed by atoms with van der Waals surface area (Å²) in [5, 5.41) is 0. The average molecular weight is 271 g/mol. The number of carbonyl (C=O) groups is 1. The second kappa shape index (κ2) is 6.35. The smallest absolute Gasteiger partial charge is 0.365 e. The number of hydrogen-bond acceptors (Lipinski definition) is 6. The highest BCUT2D eigenvalue weighted by Crippen LogP contribution is 2.41. The Kier molecular flexibility index (Phi) is 5.09. The summed E-state index contributed by atoms with van der Waals surface area (Å²) < 4.78 is 20.0. The number of rotatable bonds is 6. The largest absolute Gasteiger partial charge is 0.744 e. The summed E-state index contributed by atoms with van der Waals surface area (Å²) in [5.74, 6) is -0.897. The van der Waals surface area contributed by atoms with Crippen molar-refractivity contribution in [3.8, 4) is 5.75 Å². The summed E-state index contributed by atoms with van der Waals surface area (Å²) in [6.45, 7) is 4.93. The van der Waals surface area contributed by atoms with Crippen molar-refractivity contribution in [3.05, 3.63) is 42.5 Å². The predicted molar refractivity (Wildman–Crippen MR) is 61.4 cm³/mol. The number of hydrogen-bond donors (Lipinski definition) is 0. The molecular formula is C11H12O6P-. The van der Waals surface area contributed by atoms with Crippen molar-refractivity contribution in [1.82, 2.24) is 0 Å². The van der Waals surface area contributed by atoms with E-state index >= 15 is 0 Å². The third kappa shape index (κ3) is 4.33. The summed E-state index contributed by atoms with van der Waals surface area (Å²) in [6.07, 6.45) is 1.35. The summed E-state index contributed by atoms with van der Waals surface area (Å²) in [7, 11) is -4.76. The van der Waals surface area contributed by atoms with Crippen LogP contribution in [0.3, 0.4) is 0 Å². The fourth-order valence-corrected chi connectivity index (χ4v) is 1.75. The molecule has 0 aliphatic heterocycles. The Hall–Kier alpha value is -1.62. The first-order chi connectivity index (χ1) is 8.48. The molecule has 1 aromatic rings. The van der Waals surface area contributed by atoms with Gasteiger partial charge in [0.2, 0.25) is 0 Å². The minimum atomic E-state index is -4.76. The van der Waals surface area contributed by atoms with Gasteiger partial charge in [0.1, 0.15) is 5.75 Å². The molecule has 0 aliphatic carbocycles. The maximum Gasteiger partial charge on any atom is 0.365 e. The first-order valence-corrected chi connectivity index (χ1v) is 6.55. The molecular weight excluding hydrogens is 259 g/mol. The summed E-state index contributed by atoms with van der Waals surface area (Å²) in [4.78, 5) is 26.0. The molecule has 1 unspecified atom stereocenters. The first kappa shape index (κ1) is 14.4. The van der Waals surface area contributed by atoms with E-state index in [4.69, 9.17) is 0 Å². The van der Waals surface area contributed by atoms with Gasteiger partial charge in [-0.15, -0.1) is 0 Å². The molecule has 1 rings (SSSR count). The van der Waals surface area contributed by atoms with E-state index in [2.05, 4.69) is 20.7 Å². The Morgan fingerprint density at radius 3 is 2.78 bits per heavy atom. The van der Waals surface area contributed by atoms with Crippen molar-refractivity contribution in [2.24, 2.45) is 0 Å². The topological polar surface area (TPSA) is 84.9 Å². The fourth-order valence-electron chi connectivity index (χ4n) is 1.14. The molecule has 0 N–H and O–H groups in total. The molecule has 0 spiro atoms. The zero-order valence-corrected chi connectivity index (χ0v) is 10.6. The van der Waals surface area contributed by atoms with Crippen LogP contribution < -0.4 is 9.42 Å². The van der Waals surface area contributed by atoms with Crippen molar-refractivity contribution in [1.29, 1.82) is 0 Å². The quantitative estimate of drug-likeness (QED) is 0.339. The molecule has 0 aromatic heterocycles. The van der Waals surface area contributed by atoms with Crippen LogP contribution in [0, 0.1) is 0 Å². The second-order valence-electron chi connectivity index (χ2n) is 3.18. The van der Waals surface area contributed by atoms with Gasteiger partial charge in [0.05, 0.1) is 0 Å². The van der Waals surface area contributed by atoms with Crippen molar-refractivity contribution >= 4 is 13.8 Å². The highest BCUT2D eigenvalue weighted by Gasteiger charge is 2.16. The molecule has 18 heavy (non-hydrogen) atoms. The molecule has 0 aliphatic rings. The lowest BCUT2D eigenvalue weighted by molar-refractivity contribution is -0.284. The lowest BCUT2D eigenvalue weighted by Gasteiger charge is -2.22. The van der Waals surface area contributed by atoms with Crippen LogP contribution in [0.4, 0.5) is 0 Å². The van der Waals surface area contributed by atoms with E-state index in [0.29, 0.717) is 12.0 Å². The van der Waals surface area contributed by atoms with Gasteiger partial charge in [0, 0.05) is 6.08 Å². The summed E-state index contributed by atoms with van der Waals surface area (Å²) >= 11 is 0. The third-order valence-electron chi connectivity index (χ3n) is 1.94. The van der Waals surface area contributed by atoms with Crippen molar-refractivity contribution in [3.63, 3.8) is 0 Å². The number of aryl methyl sites for hydroxylation is 1. The molecule has 6 nitrogen and oxygen atoms in total. The van der Waals surface area contributed by atoms with Crippen LogP contribution in [0.15, 0.2) is 36.9 Å². The summed E-state index contributed by atoms with van der Waals surface area (Å²) in [5.41, 5.74) is 0.687. The maximum absolute atomic E-state index is 11.4. The zero-order valence-electron chi connectivity index (χ0n) is 9.70. The first-order valence-electron chi connectivity index (χ1n) is 5.09. The second-order valence-corrected chi connectivity index (χ2v) is 4.41. The normalized spacial score (nSPS) is 13.4. The number of phosphoric acid groups is 1. The van der Waals surface area contributed by atoms with E-state index in [1.165, 1.54) is 6.07 Å². The predicted octanol–water partition coefficient (Wildman–Crippen LogP) is 1.76. The van der Waals surface area contributed by atoms with Gasteiger partial charge in [0.15, 0.2) is 0 Å². The van der Waals surface area contributed by atoms with Crippen molar-refractivity contribution in [2.45, 2.75) is 13.3 Å². The monoisotopic (exact) mass is 271 g/mol. The van der Waals surface area contributed by atoms with Crippen LogP contribution in [0.5, 0.6) is 5.75 Å². The molecule has 0 heterocycles. The molecule has 0 amide bonds. The molecule has 98 valence electrons. The molecule has 0 saturated heterocycles. The number of phosphoric ester groups is 1. The van der Waals surface area contributed by atoms with Gasteiger partial charge >= 0.3 is 13.8 Å². The van der Waals surface area contributed by atoms with E-state index in [-0.39, 0.29) is 5.75 Å². The summed E-state index contributed by atoms with van der Waals surface area (Å²) in [6, 6.07) is 6.55. The van der Waals surface area contributed by atoms with E-state index in [1.54, 1.807) is 18.2 Å². The van der Waals surface area contributed by atoms with E-state index < -0.39 is 13.8 Å². The Morgan fingerprint density at radius 2 is 2.17 bits per heavy atom. The van der Waals surface area contributed by atoms with Crippen LogP contribution in [0.1, 0.15) is 12.5 Å². The van der Waals surface area contributed by atoms with Gasteiger partial charge in [-0.2, -0.15) is 0 Å². The lowest BCUT2D eigenvalue weighted by Crippen LogP contribution is -2.13. The molecule has 0 radical (unpaired) electrons. The third-order valence-corrected chi connectivity index (χ3v) is 2.62. The average Bonchev–Trinajstić information content (AvgIpc) is 2.36. The van der Waals surface area contributed by atoms with Crippen LogP contribution in [-0.4, -0.2) is 5.97 Å². The minimum absolute atomic E-state index is 0.132. The molecule has 1 atom stereocenters. The van der Waals surface area contributed by atoms with Gasteiger partial charge in [-0.25, -0.2) is 4.79 Å². The lowest BCUT2D eigenvalue weighted by atomic mass is 10.1. The highest BCUT2D eigenvalue weighted by atomic mass is 31.2. The molecule has 0 saturated carbocycles. The van der Waals surface area contributed by atoms with Crippen molar-refractivity contribution in [2.75, 3.05) is 0 Å². The Morgan fingerprint density at radius 1 is 1.50 bits per heavy atom. The molecule has 1 aromatic carbocycles. The van der Waals surface area contributed by atoms with Crippen LogP contribution >= 0.6 is 7.82 Å². The zero-order chi connectivity index (χ0) is 13.6. The molecule has 0 fully saturated rings. The van der Waals surface area contributed by atoms with Gasteiger partial charge < -0.3 is 9.42 Å². The van der Waals surface area contributed by atoms with Crippen LogP contribution in [0.2, 0.25) is 0 Å². The van der Waals surface area contributed by atoms with E-state index in [0.717, 1.165) is 6.08 Å². The van der Waals surface area contributed by atoms with Crippen molar-refractivity contribution < 1.29 is 28.3 Å². The minimum Gasteiger partial charge on any atom is -0.744 e. The van der Waals surface area contributed by atoms with Gasteiger partial charge in [-0.1, -0.05) is 36.4 Å². The van der Waals surface area contributed by atoms with E-state index in [9.17, 15) is 14.3 Å². The SMILES string of the molecule is C=CC(=O)OOP(=O)([O-])Oc1ccccc1CC. The maximum atomic E-state index is 11.4. The number of carbonyl (C=O) groups excluding carboxylic acids is 1. The standard InChI is InChI=1S/C11H13O6P/c1-3-9-7-5-6-8-10(9)16-18(13,14)17-15-11(12)4-2/h4-8H,2-3H2,1H3,(H,13,14)/p-1. The Balaban J connectivity index is 2.72. The molecule has 0 bridgehead atoms. The fraction of sp³-hybridized carbons (Fsp3) is 0.182. The Bertz CT molecular complexity index is 484. The van der Waals surface area contributed by atoms with E-state index in [1.807, 2.05) is 6.92 Å². The van der Waals surface area contributed by atoms with Gasteiger partial charge in [-0.3, -0.25) is 9.45 Å². The number of para-hydroxylation sites is 1. The van der Waals surface area contributed by atoms with Crippen LogP contribution in [0.25, 0.3) is 0 Å². The molecule has 7 heteroatoms. The Labute approximate surface area is 104 Å². The highest BCUT2D eigenvalue weighted by molar-refractivity contribution is 7.46. The number of benzene rings is 1. The van der Waals surface area contributed by atoms with Crippen LogP contribution in [-0.2, 0) is 25.3 Å². The van der Waals surface area contributed by atoms with Gasteiger partial charge in [-0.05, 0) is 18.1 Å². The van der Waals surface area contributed by atoms with Gasteiger partial charge in [0.25, 0.3) is 0 Å².